The molecule has 0 aliphatic carbocycles. The van der Waals surface area contributed by atoms with Gasteiger partial charge in [0.05, 0.1) is 17.8 Å². The highest BCUT2D eigenvalue weighted by molar-refractivity contribution is 5.94. The summed E-state index contributed by atoms with van der Waals surface area (Å²) in [5.74, 6) is -0.901. The van der Waals surface area contributed by atoms with Crippen LogP contribution in [0.25, 0.3) is 0 Å². The van der Waals surface area contributed by atoms with Crippen molar-refractivity contribution in [2.75, 3.05) is 0 Å². The Balaban J connectivity index is 2.08. The molecule has 1 N–H and O–H groups in total. The Morgan fingerprint density at radius 1 is 1.21 bits per heavy atom. The molecule has 0 aliphatic rings. The molecule has 0 fully saturated rings. The third-order valence-electron chi connectivity index (χ3n) is 2.81. The van der Waals surface area contributed by atoms with Gasteiger partial charge >= 0.3 is 0 Å². The van der Waals surface area contributed by atoms with E-state index in [1.54, 1.807) is 19.1 Å². The maximum absolute atomic E-state index is 13.8. The number of halogens is 1. The van der Waals surface area contributed by atoms with Crippen molar-refractivity contribution in [1.82, 2.24) is 10.3 Å². The van der Waals surface area contributed by atoms with Crippen LogP contribution in [0.15, 0.2) is 36.4 Å². The second-order valence-corrected chi connectivity index (χ2v) is 4.39. The van der Waals surface area contributed by atoms with Crippen LogP contribution in [0.4, 0.5) is 4.39 Å². The zero-order valence-electron chi connectivity index (χ0n) is 10.9. The van der Waals surface area contributed by atoms with Gasteiger partial charge in [-0.15, -0.1) is 0 Å². The quantitative estimate of drug-likeness (QED) is 0.919. The Morgan fingerprint density at radius 2 is 1.95 bits per heavy atom. The molecule has 4 heteroatoms. The molecule has 0 aliphatic heterocycles. The lowest BCUT2D eigenvalue weighted by Gasteiger charge is -2.07. The molecule has 0 atom stereocenters. The summed E-state index contributed by atoms with van der Waals surface area (Å²) in [6.45, 7) is 3.80. The zero-order valence-corrected chi connectivity index (χ0v) is 10.9. The predicted octanol–water partition coefficient (Wildman–Crippen LogP) is 2.77. The van der Waals surface area contributed by atoms with Crippen molar-refractivity contribution in [2.24, 2.45) is 0 Å². The first kappa shape index (κ1) is 13.2. The van der Waals surface area contributed by atoms with Crippen LogP contribution in [0, 0.1) is 19.7 Å². The number of aryl methyl sites for hydroxylation is 2. The summed E-state index contributed by atoms with van der Waals surface area (Å²) < 4.78 is 13.8. The smallest absolute Gasteiger partial charge is 0.254 e. The largest absolute Gasteiger partial charge is 0.346 e. The van der Waals surface area contributed by atoms with Crippen LogP contribution in [0.2, 0.25) is 0 Å². The molecule has 1 aromatic heterocycles. The Kier molecular flexibility index (Phi) is 3.90. The van der Waals surface area contributed by atoms with Gasteiger partial charge in [0, 0.05) is 5.69 Å². The van der Waals surface area contributed by atoms with E-state index in [2.05, 4.69) is 10.3 Å². The molecule has 0 saturated heterocycles. The van der Waals surface area contributed by atoms with E-state index in [1.165, 1.54) is 6.07 Å². The lowest BCUT2D eigenvalue weighted by molar-refractivity contribution is 0.0946. The first-order chi connectivity index (χ1) is 9.08. The number of nitrogens with zero attached hydrogens (tertiary/aromatic N) is 1. The van der Waals surface area contributed by atoms with Crippen molar-refractivity contribution >= 4 is 5.91 Å². The summed E-state index contributed by atoms with van der Waals surface area (Å²) in [5.41, 5.74) is 2.16. The fourth-order valence-electron chi connectivity index (χ4n) is 1.79. The van der Waals surface area contributed by atoms with E-state index in [0.717, 1.165) is 11.4 Å². The minimum atomic E-state index is -0.475. The maximum atomic E-state index is 13.8. The second-order valence-electron chi connectivity index (χ2n) is 4.39. The van der Waals surface area contributed by atoms with Crippen LogP contribution in [-0.4, -0.2) is 10.9 Å². The average Bonchev–Trinajstić information content (AvgIpc) is 2.39. The van der Waals surface area contributed by atoms with Crippen LogP contribution >= 0.6 is 0 Å². The van der Waals surface area contributed by atoms with E-state index in [9.17, 15) is 9.18 Å². The Bertz CT molecular complexity index is 611. The zero-order chi connectivity index (χ0) is 13.8. The Hall–Kier alpha value is -2.23. The molecule has 2 rings (SSSR count). The number of benzene rings is 1. The molecule has 1 aromatic carbocycles. The monoisotopic (exact) mass is 258 g/mol. The topological polar surface area (TPSA) is 42.0 Å². The van der Waals surface area contributed by atoms with Gasteiger partial charge in [-0.2, -0.15) is 0 Å². The van der Waals surface area contributed by atoms with Crippen LogP contribution in [-0.2, 0) is 6.54 Å². The van der Waals surface area contributed by atoms with Crippen molar-refractivity contribution in [3.05, 3.63) is 64.7 Å². The van der Waals surface area contributed by atoms with Gasteiger partial charge in [-0.05, 0) is 37.6 Å². The van der Waals surface area contributed by atoms with E-state index in [0.29, 0.717) is 5.56 Å². The summed E-state index contributed by atoms with van der Waals surface area (Å²) in [6, 6.07) is 10.3. The fourth-order valence-corrected chi connectivity index (χ4v) is 1.79. The lowest BCUT2D eigenvalue weighted by atomic mass is 10.1. The molecular formula is C15H15FN2O. The molecule has 0 bridgehead atoms. The summed E-state index contributed by atoms with van der Waals surface area (Å²) in [7, 11) is 0. The van der Waals surface area contributed by atoms with Crippen molar-refractivity contribution < 1.29 is 9.18 Å². The highest BCUT2D eigenvalue weighted by Crippen LogP contribution is 2.11. The van der Waals surface area contributed by atoms with Crippen LogP contribution < -0.4 is 5.32 Å². The highest BCUT2D eigenvalue weighted by Gasteiger charge is 2.12. The third kappa shape index (κ3) is 3.16. The minimum Gasteiger partial charge on any atom is -0.346 e. The van der Waals surface area contributed by atoms with Gasteiger partial charge in [0.1, 0.15) is 5.82 Å². The second kappa shape index (κ2) is 5.61. The molecule has 19 heavy (non-hydrogen) atoms. The first-order valence-electron chi connectivity index (χ1n) is 6.04. The molecule has 0 spiro atoms. The van der Waals surface area contributed by atoms with Gasteiger partial charge in [-0.3, -0.25) is 9.78 Å². The summed E-state index contributed by atoms with van der Waals surface area (Å²) >= 11 is 0. The van der Waals surface area contributed by atoms with Gasteiger partial charge in [0.2, 0.25) is 0 Å². The summed E-state index contributed by atoms with van der Waals surface area (Å²) in [4.78, 5) is 16.2. The Morgan fingerprint density at radius 3 is 2.68 bits per heavy atom. The standard InChI is InChI=1S/C15H15FN2O/c1-10-5-3-8-13(14(10)16)15(19)17-9-12-7-4-6-11(2)18-12/h3-8H,9H2,1-2H3,(H,17,19). The number of nitrogens with one attached hydrogen (secondary N) is 1. The van der Waals surface area contributed by atoms with Crippen molar-refractivity contribution in [1.29, 1.82) is 0 Å². The first-order valence-corrected chi connectivity index (χ1v) is 6.04. The van der Waals surface area contributed by atoms with E-state index in [1.807, 2.05) is 25.1 Å². The number of aromatic nitrogens is 1. The highest BCUT2D eigenvalue weighted by atomic mass is 19.1. The maximum Gasteiger partial charge on any atom is 0.254 e. The lowest BCUT2D eigenvalue weighted by Crippen LogP contribution is -2.24. The average molecular weight is 258 g/mol. The van der Waals surface area contributed by atoms with E-state index >= 15 is 0 Å². The number of hydrogen-bond acceptors (Lipinski definition) is 2. The van der Waals surface area contributed by atoms with Crippen LogP contribution in [0.3, 0.4) is 0 Å². The molecule has 3 nitrogen and oxygen atoms in total. The van der Waals surface area contributed by atoms with E-state index in [-0.39, 0.29) is 12.1 Å². The fraction of sp³-hybridized carbons (Fsp3) is 0.200. The molecule has 2 aromatic rings. The SMILES string of the molecule is Cc1cccc(CNC(=O)c2cccc(C)c2F)n1. The van der Waals surface area contributed by atoms with E-state index < -0.39 is 11.7 Å². The van der Waals surface area contributed by atoms with Gasteiger partial charge in [-0.25, -0.2) is 4.39 Å². The Labute approximate surface area is 111 Å². The van der Waals surface area contributed by atoms with Crippen molar-refractivity contribution in [3.8, 4) is 0 Å². The molecule has 0 saturated carbocycles. The molecular weight excluding hydrogens is 243 g/mol. The molecule has 1 heterocycles. The van der Waals surface area contributed by atoms with Crippen molar-refractivity contribution in [3.63, 3.8) is 0 Å². The summed E-state index contributed by atoms with van der Waals surface area (Å²) in [5, 5.41) is 2.67. The molecule has 0 unspecified atom stereocenters. The van der Waals surface area contributed by atoms with Crippen molar-refractivity contribution in [2.45, 2.75) is 20.4 Å². The van der Waals surface area contributed by atoms with E-state index in [4.69, 9.17) is 0 Å². The number of amides is 1. The molecule has 1 amide bonds. The van der Waals surface area contributed by atoms with Gasteiger partial charge in [-0.1, -0.05) is 18.2 Å². The number of pyridine rings is 1. The van der Waals surface area contributed by atoms with Gasteiger partial charge in [0.15, 0.2) is 0 Å². The normalized spacial score (nSPS) is 10.3. The third-order valence-corrected chi connectivity index (χ3v) is 2.81. The summed E-state index contributed by atoms with van der Waals surface area (Å²) in [6.07, 6.45) is 0. The number of hydrogen-bond donors (Lipinski definition) is 1. The van der Waals surface area contributed by atoms with Crippen LogP contribution in [0.5, 0.6) is 0 Å². The minimum absolute atomic E-state index is 0.0626. The number of carbonyl (C=O) groups excluding carboxylic acids is 1. The predicted molar refractivity (Wildman–Crippen MR) is 71.3 cm³/mol. The van der Waals surface area contributed by atoms with Gasteiger partial charge < -0.3 is 5.32 Å². The molecule has 98 valence electrons. The number of carbonyl (C=O) groups is 1. The molecule has 0 radical (unpaired) electrons. The van der Waals surface area contributed by atoms with Gasteiger partial charge in [0.25, 0.3) is 5.91 Å². The van der Waals surface area contributed by atoms with Crippen LogP contribution in [0.1, 0.15) is 27.3 Å². The number of rotatable bonds is 3.